The molecule has 2 aromatic carbocycles. The van der Waals surface area contributed by atoms with Gasteiger partial charge >= 0.3 is 0 Å². The lowest BCUT2D eigenvalue weighted by Crippen LogP contribution is -2.19. The van der Waals surface area contributed by atoms with Gasteiger partial charge in [0.25, 0.3) is 0 Å². The zero-order valence-corrected chi connectivity index (χ0v) is 14.1. The van der Waals surface area contributed by atoms with E-state index in [0.717, 1.165) is 11.1 Å². The van der Waals surface area contributed by atoms with Crippen molar-refractivity contribution in [1.29, 1.82) is 0 Å². The number of hydrogen-bond acceptors (Lipinski definition) is 3. The van der Waals surface area contributed by atoms with Crippen LogP contribution in [0.15, 0.2) is 56.5 Å². The van der Waals surface area contributed by atoms with Crippen molar-refractivity contribution in [2.45, 2.75) is 6.42 Å². The minimum Gasteiger partial charge on any atom is -0.506 e. The number of carbonyl (C=O) groups is 1. The number of rotatable bonds is 4. The summed E-state index contributed by atoms with van der Waals surface area (Å²) in [6, 6.07) is 12.9. The van der Waals surface area contributed by atoms with E-state index in [4.69, 9.17) is 0 Å². The van der Waals surface area contributed by atoms with E-state index < -0.39 is 0 Å². The van der Waals surface area contributed by atoms with Crippen LogP contribution in [0.1, 0.15) is 11.1 Å². The lowest BCUT2D eigenvalue weighted by atomic mass is 10.1. The summed E-state index contributed by atoms with van der Waals surface area (Å²) in [6.07, 6.45) is 1.79. The van der Waals surface area contributed by atoms with Crippen molar-refractivity contribution in [2.75, 3.05) is 0 Å². The molecular weight excluding hydrogens is 400 g/mol. The fourth-order valence-corrected chi connectivity index (χ4v) is 2.88. The number of benzene rings is 2. The normalized spacial score (nSPS) is 10.8. The van der Waals surface area contributed by atoms with Crippen LogP contribution in [0.5, 0.6) is 5.75 Å². The zero-order chi connectivity index (χ0) is 15.2. The molecule has 0 saturated carbocycles. The van der Waals surface area contributed by atoms with E-state index in [1.54, 1.807) is 12.1 Å². The predicted molar refractivity (Wildman–Crippen MR) is 89.4 cm³/mol. The number of nitrogens with zero attached hydrogens (tertiary/aromatic N) is 1. The minimum atomic E-state index is -0.186. The lowest BCUT2D eigenvalue weighted by molar-refractivity contribution is -0.120. The van der Waals surface area contributed by atoms with Crippen LogP contribution in [0.3, 0.4) is 0 Å². The van der Waals surface area contributed by atoms with Crippen LogP contribution < -0.4 is 5.43 Å². The SMILES string of the molecule is O=C(Cc1ccccc1)N/N=C\c1cc(Br)c(O)c(Br)c1. The number of hydrogen-bond donors (Lipinski definition) is 2. The molecule has 0 radical (unpaired) electrons. The van der Waals surface area contributed by atoms with Gasteiger partial charge in [-0.3, -0.25) is 4.79 Å². The van der Waals surface area contributed by atoms with Crippen LogP contribution in [0.2, 0.25) is 0 Å². The molecule has 0 unspecified atom stereocenters. The summed E-state index contributed by atoms with van der Waals surface area (Å²) >= 11 is 6.47. The Morgan fingerprint density at radius 1 is 1.19 bits per heavy atom. The van der Waals surface area contributed by atoms with E-state index in [9.17, 15) is 9.90 Å². The summed E-state index contributed by atoms with van der Waals surface area (Å²) in [5, 5.41) is 13.5. The third kappa shape index (κ3) is 4.68. The molecule has 0 aromatic heterocycles. The summed E-state index contributed by atoms with van der Waals surface area (Å²) in [7, 11) is 0. The molecule has 4 nitrogen and oxygen atoms in total. The summed E-state index contributed by atoms with van der Waals surface area (Å²) in [4.78, 5) is 11.7. The first kappa shape index (κ1) is 15.7. The molecule has 0 aliphatic heterocycles. The summed E-state index contributed by atoms with van der Waals surface area (Å²) in [5.41, 5.74) is 4.14. The Kier molecular flexibility index (Phi) is 5.52. The molecule has 0 bridgehead atoms. The number of amides is 1. The first-order valence-corrected chi connectivity index (χ1v) is 7.68. The van der Waals surface area contributed by atoms with Crippen LogP contribution in [0, 0.1) is 0 Å². The Morgan fingerprint density at radius 2 is 1.81 bits per heavy atom. The Balaban J connectivity index is 1.95. The Bertz CT molecular complexity index is 650. The molecule has 2 aromatic rings. The second kappa shape index (κ2) is 7.38. The van der Waals surface area contributed by atoms with Crippen molar-refractivity contribution in [3.05, 3.63) is 62.5 Å². The number of halogens is 2. The molecule has 2 rings (SSSR count). The maximum Gasteiger partial charge on any atom is 0.244 e. The molecule has 0 fully saturated rings. The van der Waals surface area contributed by atoms with Gasteiger partial charge in [-0.1, -0.05) is 30.3 Å². The van der Waals surface area contributed by atoms with Crippen LogP contribution in [-0.2, 0) is 11.2 Å². The average Bonchev–Trinajstić information content (AvgIpc) is 2.45. The molecule has 0 heterocycles. The number of phenolic OH excluding ortho intramolecular Hbond substituents is 1. The molecule has 6 heteroatoms. The van der Waals surface area contributed by atoms with Crippen molar-refractivity contribution in [3.63, 3.8) is 0 Å². The smallest absolute Gasteiger partial charge is 0.244 e. The second-order valence-electron chi connectivity index (χ2n) is 4.29. The quantitative estimate of drug-likeness (QED) is 0.596. The van der Waals surface area contributed by atoms with Crippen molar-refractivity contribution in [3.8, 4) is 5.75 Å². The standard InChI is InChI=1S/C15H12Br2N2O2/c16-12-6-11(7-13(17)15(12)21)9-18-19-14(20)8-10-4-2-1-3-5-10/h1-7,9,21H,8H2,(H,19,20)/b18-9-. The van der Waals surface area contributed by atoms with Gasteiger partial charge in [0.15, 0.2) is 0 Å². The third-order valence-electron chi connectivity index (χ3n) is 2.65. The van der Waals surface area contributed by atoms with Gasteiger partial charge in [-0.2, -0.15) is 5.10 Å². The van der Waals surface area contributed by atoms with Crippen LogP contribution >= 0.6 is 31.9 Å². The first-order chi connectivity index (χ1) is 10.1. The van der Waals surface area contributed by atoms with Crippen molar-refractivity contribution >= 4 is 44.0 Å². The van der Waals surface area contributed by atoms with Gasteiger partial charge in [-0.25, -0.2) is 5.43 Å². The molecular formula is C15H12Br2N2O2. The van der Waals surface area contributed by atoms with E-state index in [0.29, 0.717) is 8.95 Å². The largest absolute Gasteiger partial charge is 0.506 e. The van der Waals surface area contributed by atoms with E-state index in [1.807, 2.05) is 30.3 Å². The van der Waals surface area contributed by atoms with E-state index >= 15 is 0 Å². The predicted octanol–water partition coefficient (Wildman–Crippen LogP) is 3.61. The molecule has 0 atom stereocenters. The number of nitrogens with one attached hydrogen (secondary N) is 1. The Labute approximate surface area is 139 Å². The molecule has 0 aliphatic carbocycles. The highest BCUT2D eigenvalue weighted by atomic mass is 79.9. The van der Waals surface area contributed by atoms with Gasteiger partial charge in [0.2, 0.25) is 5.91 Å². The maximum atomic E-state index is 11.7. The monoisotopic (exact) mass is 410 g/mol. The third-order valence-corrected chi connectivity index (χ3v) is 3.86. The molecule has 0 aliphatic rings. The van der Waals surface area contributed by atoms with Crippen LogP contribution in [-0.4, -0.2) is 17.2 Å². The molecule has 21 heavy (non-hydrogen) atoms. The van der Waals surface area contributed by atoms with Crippen molar-refractivity contribution in [2.24, 2.45) is 5.10 Å². The van der Waals surface area contributed by atoms with Crippen molar-refractivity contribution in [1.82, 2.24) is 5.43 Å². The van der Waals surface area contributed by atoms with Crippen molar-refractivity contribution < 1.29 is 9.90 Å². The maximum absolute atomic E-state index is 11.7. The van der Waals surface area contributed by atoms with Gasteiger partial charge in [0.05, 0.1) is 21.6 Å². The molecule has 0 saturated heterocycles. The number of hydrazone groups is 1. The lowest BCUT2D eigenvalue weighted by Gasteiger charge is -2.02. The molecule has 1 amide bonds. The topological polar surface area (TPSA) is 61.7 Å². The minimum absolute atomic E-state index is 0.125. The highest BCUT2D eigenvalue weighted by Crippen LogP contribution is 2.32. The first-order valence-electron chi connectivity index (χ1n) is 6.10. The van der Waals surface area contributed by atoms with E-state index in [-0.39, 0.29) is 18.1 Å². The van der Waals surface area contributed by atoms with E-state index in [1.165, 1.54) is 6.21 Å². The Hall–Kier alpha value is -1.66. The van der Waals surface area contributed by atoms with Gasteiger partial charge in [0, 0.05) is 0 Å². The molecule has 108 valence electrons. The number of phenols is 1. The van der Waals surface area contributed by atoms with Crippen LogP contribution in [0.4, 0.5) is 0 Å². The van der Waals surface area contributed by atoms with Gasteiger partial charge in [-0.05, 0) is 55.1 Å². The fourth-order valence-electron chi connectivity index (χ4n) is 1.66. The van der Waals surface area contributed by atoms with Crippen LogP contribution in [0.25, 0.3) is 0 Å². The Morgan fingerprint density at radius 3 is 2.43 bits per heavy atom. The second-order valence-corrected chi connectivity index (χ2v) is 6.00. The van der Waals surface area contributed by atoms with E-state index in [2.05, 4.69) is 42.4 Å². The van der Waals surface area contributed by atoms with Gasteiger partial charge in [-0.15, -0.1) is 0 Å². The summed E-state index contributed by atoms with van der Waals surface area (Å²) in [6.45, 7) is 0. The van der Waals surface area contributed by atoms with Gasteiger partial charge < -0.3 is 5.11 Å². The number of carbonyl (C=O) groups excluding carboxylic acids is 1. The average molecular weight is 412 g/mol. The van der Waals surface area contributed by atoms with Gasteiger partial charge in [0.1, 0.15) is 5.75 Å². The fraction of sp³-hybridized carbons (Fsp3) is 0.0667. The zero-order valence-electron chi connectivity index (χ0n) is 10.9. The highest BCUT2D eigenvalue weighted by Gasteiger charge is 2.05. The molecule has 0 spiro atoms. The summed E-state index contributed by atoms with van der Waals surface area (Å²) < 4.78 is 1.10. The highest BCUT2D eigenvalue weighted by molar-refractivity contribution is 9.11. The molecule has 2 N–H and O–H groups in total. The number of aromatic hydroxyl groups is 1. The summed E-state index contributed by atoms with van der Waals surface area (Å²) in [5.74, 6) is -0.0605.